The summed E-state index contributed by atoms with van der Waals surface area (Å²) in [6, 6.07) is -0.141. The van der Waals surface area contributed by atoms with Crippen LogP contribution in [0.4, 0.5) is 0 Å². The third-order valence-electron chi connectivity index (χ3n) is 2.63. The molecular weight excluding hydrogens is 166 g/mol. The average molecular weight is 183 g/mol. The maximum Gasteiger partial charge on any atom is 0.220 e. The van der Waals surface area contributed by atoms with Crippen LogP contribution in [-0.2, 0) is 9.59 Å². The van der Waals surface area contributed by atoms with E-state index in [4.69, 9.17) is 0 Å². The highest BCUT2D eigenvalue weighted by Crippen LogP contribution is 2.24. The molecule has 74 valence electrons. The van der Waals surface area contributed by atoms with Gasteiger partial charge < -0.3 is 4.90 Å². The van der Waals surface area contributed by atoms with Crippen LogP contribution < -0.4 is 0 Å². The molecule has 1 aliphatic rings. The highest BCUT2D eigenvalue weighted by Gasteiger charge is 2.34. The lowest BCUT2D eigenvalue weighted by molar-refractivity contribution is -0.135. The molecule has 0 aromatic heterocycles. The molecule has 3 nitrogen and oxygen atoms in total. The summed E-state index contributed by atoms with van der Waals surface area (Å²) >= 11 is 0. The molecule has 2 atom stereocenters. The van der Waals surface area contributed by atoms with Crippen molar-refractivity contribution in [1.29, 1.82) is 0 Å². The van der Waals surface area contributed by atoms with Gasteiger partial charge in [-0.2, -0.15) is 0 Å². The molecule has 1 fully saturated rings. The van der Waals surface area contributed by atoms with Gasteiger partial charge in [-0.05, 0) is 12.3 Å². The van der Waals surface area contributed by atoms with Crippen molar-refractivity contribution >= 4 is 11.7 Å². The average Bonchev–Trinajstić information content (AvgIpc) is 2.46. The van der Waals surface area contributed by atoms with Gasteiger partial charge in [0, 0.05) is 19.9 Å². The Morgan fingerprint density at radius 3 is 2.54 bits per heavy atom. The Morgan fingerprint density at radius 2 is 2.08 bits per heavy atom. The minimum atomic E-state index is -0.141. The number of amides is 1. The van der Waals surface area contributed by atoms with Crippen LogP contribution >= 0.6 is 0 Å². The number of rotatable bonds is 2. The van der Waals surface area contributed by atoms with Crippen LogP contribution in [-0.4, -0.2) is 29.2 Å². The molecule has 0 radical (unpaired) electrons. The summed E-state index contributed by atoms with van der Waals surface area (Å²) in [7, 11) is 0. The van der Waals surface area contributed by atoms with E-state index in [0.29, 0.717) is 12.3 Å². The van der Waals surface area contributed by atoms with Crippen LogP contribution in [0.1, 0.15) is 33.6 Å². The molecule has 13 heavy (non-hydrogen) atoms. The summed E-state index contributed by atoms with van der Waals surface area (Å²) in [6.07, 6.45) is 1.37. The lowest BCUT2D eigenvalue weighted by Crippen LogP contribution is -2.38. The molecule has 0 spiro atoms. The van der Waals surface area contributed by atoms with Gasteiger partial charge in [-0.15, -0.1) is 0 Å². The van der Waals surface area contributed by atoms with Gasteiger partial charge in [0.05, 0.1) is 6.04 Å². The Kier molecular flexibility index (Phi) is 3.07. The Labute approximate surface area is 79.1 Å². The molecule has 0 saturated carbocycles. The molecule has 0 N–H and O–H groups in total. The van der Waals surface area contributed by atoms with Gasteiger partial charge in [-0.25, -0.2) is 0 Å². The molecule has 1 amide bonds. The van der Waals surface area contributed by atoms with E-state index in [0.717, 1.165) is 13.0 Å². The highest BCUT2D eigenvalue weighted by molar-refractivity contribution is 5.88. The third kappa shape index (κ3) is 2.08. The van der Waals surface area contributed by atoms with Gasteiger partial charge in [0.25, 0.3) is 0 Å². The van der Waals surface area contributed by atoms with E-state index in [9.17, 15) is 9.59 Å². The van der Waals surface area contributed by atoms with Crippen LogP contribution in [0.25, 0.3) is 0 Å². The van der Waals surface area contributed by atoms with E-state index in [2.05, 4.69) is 6.92 Å². The zero-order valence-corrected chi connectivity index (χ0v) is 8.54. The molecule has 1 rings (SSSR count). The van der Waals surface area contributed by atoms with E-state index in [-0.39, 0.29) is 17.7 Å². The minimum absolute atomic E-state index is 0.0242. The van der Waals surface area contributed by atoms with Crippen LogP contribution in [0.3, 0.4) is 0 Å². The van der Waals surface area contributed by atoms with Crippen molar-refractivity contribution in [1.82, 2.24) is 4.90 Å². The largest absolute Gasteiger partial charge is 0.333 e. The maximum atomic E-state index is 11.5. The van der Waals surface area contributed by atoms with Crippen molar-refractivity contribution in [3.8, 4) is 0 Å². The Bertz CT molecular complexity index is 225. The number of hydrogen-bond donors (Lipinski definition) is 0. The van der Waals surface area contributed by atoms with Crippen molar-refractivity contribution in [2.75, 3.05) is 6.54 Å². The first kappa shape index (κ1) is 10.2. The number of carbonyl (C=O) groups excluding carboxylic acids is 2. The van der Waals surface area contributed by atoms with Crippen molar-refractivity contribution < 1.29 is 9.59 Å². The van der Waals surface area contributed by atoms with E-state index < -0.39 is 0 Å². The van der Waals surface area contributed by atoms with Gasteiger partial charge in [0.15, 0.2) is 5.78 Å². The molecule has 3 heteroatoms. The molecular formula is C10H17NO2. The maximum absolute atomic E-state index is 11.5. The predicted molar refractivity (Wildman–Crippen MR) is 50.3 cm³/mol. The quantitative estimate of drug-likeness (QED) is 0.645. The summed E-state index contributed by atoms with van der Waals surface area (Å²) in [4.78, 5) is 24.4. The van der Waals surface area contributed by atoms with E-state index in [1.165, 1.54) is 6.92 Å². The van der Waals surface area contributed by atoms with Gasteiger partial charge >= 0.3 is 0 Å². The molecule has 1 aliphatic heterocycles. The monoisotopic (exact) mass is 183 g/mol. The zero-order chi connectivity index (χ0) is 10.0. The topological polar surface area (TPSA) is 37.4 Å². The number of likely N-dealkylation sites (tertiary alicyclic amines) is 1. The molecule has 0 aliphatic carbocycles. The third-order valence-corrected chi connectivity index (χ3v) is 2.63. The van der Waals surface area contributed by atoms with E-state index in [1.54, 1.807) is 4.90 Å². The fraction of sp³-hybridized carbons (Fsp3) is 0.800. The molecule has 2 unspecified atom stereocenters. The summed E-state index contributed by atoms with van der Waals surface area (Å²) in [5.41, 5.74) is 0. The normalized spacial score (nSPS) is 27.8. The number of ketones is 1. The highest BCUT2D eigenvalue weighted by atomic mass is 16.2. The van der Waals surface area contributed by atoms with Crippen molar-refractivity contribution in [3.63, 3.8) is 0 Å². The van der Waals surface area contributed by atoms with Crippen LogP contribution in [0.2, 0.25) is 0 Å². The first-order valence-corrected chi connectivity index (χ1v) is 4.86. The summed E-state index contributed by atoms with van der Waals surface area (Å²) < 4.78 is 0. The van der Waals surface area contributed by atoms with Gasteiger partial charge in [-0.1, -0.05) is 13.8 Å². The summed E-state index contributed by atoms with van der Waals surface area (Å²) in [6.45, 7) is 6.21. The van der Waals surface area contributed by atoms with Crippen LogP contribution in [0.15, 0.2) is 0 Å². The first-order valence-electron chi connectivity index (χ1n) is 4.86. The van der Waals surface area contributed by atoms with Crippen molar-refractivity contribution in [3.05, 3.63) is 0 Å². The zero-order valence-electron chi connectivity index (χ0n) is 8.54. The van der Waals surface area contributed by atoms with Gasteiger partial charge in [0.2, 0.25) is 5.91 Å². The number of carbonyl (C=O) groups is 2. The fourth-order valence-electron chi connectivity index (χ4n) is 1.93. The first-order chi connectivity index (χ1) is 6.06. The Morgan fingerprint density at radius 1 is 1.46 bits per heavy atom. The Hall–Kier alpha value is -0.860. The smallest absolute Gasteiger partial charge is 0.220 e. The van der Waals surface area contributed by atoms with Crippen LogP contribution in [0.5, 0.6) is 0 Å². The predicted octanol–water partition coefficient (Wildman–Crippen LogP) is 1.22. The van der Waals surface area contributed by atoms with Crippen LogP contribution in [0, 0.1) is 5.92 Å². The molecule has 1 saturated heterocycles. The molecule has 0 aromatic carbocycles. The van der Waals surface area contributed by atoms with E-state index >= 15 is 0 Å². The Balaban J connectivity index is 2.71. The van der Waals surface area contributed by atoms with Crippen molar-refractivity contribution in [2.24, 2.45) is 5.92 Å². The summed E-state index contributed by atoms with van der Waals surface area (Å²) in [5, 5.41) is 0. The summed E-state index contributed by atoms with van der Waals surface area (Å²) in [5.74, 6) is 0.681. The number of hydrogen-bond acceptors (Lipinski definition) is 2. The second-order valence-corrected chi connectivity index (χ2v) is 3.85. The SMILES string of the molecule is CCC(=O)C1CC(C)CN1C(C)=O. The molecule has 1 heterocycles. The number of Topliss-reactive ketones (excluding diaryl/α,β-unsaturated/α-hetero) is 1. The lowest BCUT2D eigenvalue weighted by atomic mass is 10.0. The van der Waals surface area contributed by atoms with Crippen molar-refractivity contribution in [2.45, 2.75) is 39.7 Å². The molecule has 0 aromatic rings. The second kappa shape index (κ2) is 3.90. The molecule has 0 bridgehead atoms. The minimum Gasteiger partial charge on any atom is -0.333 e. The fourth-order valence-corrected chi connectivity index (χ4v) is 1.93. The second-order valence-electron chi connectivity index (χ2n) is 3.85. The van der Waals surface area contributed by atoms with Gasteiger partial charge in [0.1, 0.15) is 0 Å². The standard InChI is InChI=1S/C10H17NO2/c1-4-10(13)9-5-7(2)6-11(9)8(3)12/h7,9H,4-6H2,1-3H3. The number of nitrogens with zero attached hydrogens (tertiary/aromatic N) is 1. The van der Waals surface area contributed by atoms with E-state index in [1.807, 2.05) is 6.92 Å². The lowest BCUT2D eigenvalue weighted by Gasteiger charge is -2.21. The van der Waals surface area contributed by atoms with Gasteiger partial charge in [-0.3, -0.25) is 9.59 Å².